The van der Waals surface area contributed by atoms with Crippen molar-refractivity contribution in [2.75, 3.05) is 12.4 Å². The van der Waals surface area contributed by atoms with Gasteiger partial charge < -0.3 is 9.64 Å². The summed E-state index contributed by atoms with van der Waals surface area (Å²) in [6, 6.07) is 5.02. The molecular weight excluding hydrogens is 523 g/mol. The van der Waals surface area contributed by atoms with Crippen molar-refractivity contribution in [1.82, 2.24) is 24.8 Å². The monoisotopic (exact) mass is 540 g/mol. The van der Waals surface area contributed by atoms with Gasteiger partial charge in [-0.1, -0.05) is 34.5 Å². The Morgan fingerprint density at radius 3 is 2.64 bits per heavy atom. The van der Waals surface area contributed by atoms with Gasteiger partial charge in [-0.2, -0.15) is 0 Å². The number of ether oxygens (including phenoxy) is 1. The predicted molar refractivity (Wildman–Crippen MR) is 137 cm³/mol. The normalized spacial score (nSPS) is 12.4. The molecule has 0 fully saturated rings. The number of rotatable bonds is 5. The smallest absolute Gasteiger partial charge is 0.259 e. The minimum Gasteiger partial charge on any atom is -0.494 e. The lowest BCUT2D eigenvalue weighted by Crippen LogP contribution is -2.25. The number of aryl methyl sites for hydroxylation is 1. The Bertz CT molecular complexity index is 1490. The standard InChI is InChI=1S/C24H18Cl2N6O3S/c1-12-3-15(16-5-21(26)29-9-19(16)35-2)17(8-28-12)22(33)31-24-30-18-10-32(11-20(18)36-24)23(34)13-4-14(25)7-27-6-13/h3-9H,10-11H2,1-2H3,(H,30,31,33). The Morgan fingerprint density at radius 2 is 1.89 bits per heavy atom. The second-order valence-corrected chi connectivity index (χ2v) is 9.88. The van der Waals surface area contributed by atoms with Gasteiger partial charge in [0.25, 0.3) is 11.8 Å². The quantitative estimate of drug-likeness (QED) is 0.353. The number of aromatic nitrogens is 4. The van der Waals surface area contributed by atoms with Crippen LogP contribution in [0.4, 0.5) is 5.13 Å². The summed E-state index contributed by atoms with van der Waals surface area (Å²) in [6.45, 7) is 2.55. The number of fused-ring (bicyclic) bond motifs is 1. The third-order valence-electron chi connectivity index (χ3n) is 5.54. The van der Waals surface area contributed by atoms with Gasteiger partial charge in [0.15, 0.2) is 5.13 Å². The molecule has 5 heterocycles. The van der Waals surface area contributed by atoms with Crippen molar-refractivity contribution in [3.63, 3.8) is 0 Å². The third kappa shape index (κ3) is 4.75. The fraction of sp³-hybridized carbons (Fsp3) is 0.167. The summed E-state index contributed by atoms with van der Waals surface area (Å²) in [5.41, 5.74) is 3.45. The van der Waals surface area contributed by atoms with Crippen LogP contribution in [0.2, 0.25) is 10.2 Å². The minimum atomic E-state index is -0.377. The largest absolute Gasteiger partial charge is 0.494 e. The van der Waals surface area contributed by atoms with E-state index in [4.69, 9.17) is 27.9 Å². The van der Waals surface area contributed by atoms with E-state index in [0.29, 0.717) is 51.2 Å². The Kier molecular flexibility index (Phi) is 6.57. The van der Waals surface area contributed by atoms with Crippen molar-refractivity contribution in [3.05, 3.63) is 80.6 Å². The summed E-state index contributed by atoms with van der Waals surface area (Å²) in [5, 5.41) is 3.97. The molecule has 1 aliphatic rings. The van der Waals surface area contributed by atoms with E-state index in [0.717, 1.165) is 16.3 Å². The number of nitrogens with zero attached hydrogens (tertiary/aromatic N) is 5. The molecule has 4 aromatic rings. The molecule has 0 unspecified atom stereocenters. The number of anilines is 1. The summed E-state index contributed by atoms with van der Waals surface area (Å²) < 4.78 is 5.43. The third-order valence-corrected chi connectivity index (χ3v) is 6.95. The van der Waals surface area contributed by atoms with Crippen molar-refractivity contribution >= 4 is 51.5 Å². The van der Waals surface area contributed by atoms with Crippen LogP contribution >= 0.6 is 34.5 Å². The van der Waals surface area contributed by atoms with Gasteiger partial charge in [0.1, 0.15) is 10.9 Å². The van der Waals surface area contributed by atoms with Gasteiger partial charge in [-0.15, -0.1) is 0 Å². The second kappa shape index (κ2) is 9.81. The van der Waals surface area contributed by atoms with E-state index in [-0.39, 0.29) is 17.0 Å². The van der Waals surface area contributed by atoms with Crippen LogP contribution in [-0.2, 0) is 13.1 Å². The molecule has 1 aliphatic heterocycles. The van der Waals surface area contributed by atoms with Gasteiger partial charge in [0.2, 0.25) is 0 Å². The van der Waals surface area contributed by atoms with E-state index >= 15 is 0 Å². The van der Waals surface area contributed by atoms with E-state index < -0.39 is 0 Å². The molecule has 4 aromatic heterocycles. The maximum atomic E-state index is 13.3. The first kappa shape index (κ1) is 24.1. The zero-order chi connectivity index (χ0) is 25.4. The molecule has 0 atom stereocenters. The highest BCUT2D eigenvalue weighted by molar-refractivity contribution is 7.16. The van der Waals surface area contributed by atoms with E-state index in [2.05, 4.69) is 25.3 Å². The predicted octanol–water partition coefficient (Wildman–Crippen LogP) is 5.03. The molecule has 0 aliphatic carbocycles. The van der Waals surface area contributed by atoms with E-state index in [9.17, 15) is 9.59 Å². The number of carbonyl (C=O) groups excluding carboxylic acids is 2. The fourth-order valence-corrected chi connectivity index (χ4v) is 5.18. The highest BCUT2D eigenvalue weighted by Gasteiger charge is 2.29. The highest BCUT2D eigenvalue weighted by Crippen LogP contribution is 2.35. The molecule has 0 aromatic carbocycles. The molecule has 0 radical (unpaired) electrons. The Balaban J connectivity index is 1.36. The van der Waals surface area contributed by atoms with E-state index in [1.165, 1.54) is 43.2 Å². The van der Waals surface area contributed by atoms with Gasteiger partial charge in [0, 0.05) is 35.4 Å². The average molecular weight is 541 g/mol. The number of thiazole rings is 1. The highest BCUT2D eigenvalue weighted by atomic mass is 35.5. The molecule has 2 amide bonds. The molecular formula is C24H18Cl2N6O3S. The maximum Gasteiger partial charge on any atom is 0.259 e. The van der Waals surface area contributed by atoms with Gasteiger partial charge in [-0.05, 0) is 25.1 Å². The molecule has 0 bridgehead atoms. The minimum absolute atomic E-state index is 0.180. The van der Waals surface area contributed by atoms with Gasteiger partial charge >= 0.3 is 0 Å². The molecule has 36 heavy (non-hydrogen) atoms. The van der Waals surface area contributed by atoms with Crippen LogP contribution in [0.5, 0.6) is 5.75 Å². The first-order valence-corrected chi connectivity index (χ1v) is 12.3. The summed E-state index contributed by atoms with van der Waals surface area (Å²) in [7, 11) is 1.52. The van der Waals surface area contributed by atoms with Crippen LogP contribution in [0.15, 0.2) is 43.0 Å². The van der Waals surface area contributed by atoms with Crippen molar-refractivity contribution in [2.45, 2.75) is 20.0 Å². The molecule has 0 saturated carbocycles. The lowest BCUT2D eigenvalue weighted by molar-refractivity contribution is 0.0750. The SMILES string of the molecule is COc1cnc(Cl)cc1-c1cc(C)ncc1C(=O)Nc1nc2c(s1)CN(C(=O)c1cncc(Cl)c1)C2. The Hall–Kier alpha value is -3.60. The number of hydrogen-bond acceptors (Lipinski definition) is 8. The zero-order valence-corrected chi connectivity index (χ0v) is 21.4. The van der Waals surface area contributed by atoms with Crippen molar-refractivity contribution < 1.29 is 14.3 Å². The molecule has 0 saturated heterocycles. The van der Waals surface area contributed by atoms with Crippen LogP contribution in [0.3, 0.4) is 0 Å². The molecule has 9 nitrogen and oxygen atoms in total. The number of amides is 2. The van der Waals surface area contributed by atoms with Crippen LogP contribution in [-0.4, -0.2) is 43.8 Å². The molecule has 0 spiro atoms. The number of halogens is 2. The number of hydrogen-bond donors (Lipinski definition) is 1. The Morgan fingerprint density at radius 1 is 1.06 bits per heavy atom. The van der Waals surface area contributed by atoms with Crippen molar-refractivity contribution in [2.24, 2.45) is 0 Å². The number of nitrogens with one attached hydrogen (secondary N) is 1. The van der Waals surface area contributed by atoms with E-state index in [1.54, 1.807) is 23.1 Å². The summed E-state index contributed by atoms with van der Waals surface area (Å²) in [4.78, 5) is 45.5. The van der Waals surface area contributed by atoms with Crippen molar-refractivity contribution in [3.8, 4) is 16.9 Å². The average Bonchev–Trinajstić information content (AvgIpc) is 3.42. The second-order valence-electron chi connectivity index (χ2n) is 7.97. The number of carbonyl (C=O) groups is 2. The lowest BCUT2D eigenvalue weighted by atomic mass is 10.0. The number of methoxy groups -OCH3 is 1. The van der Waals surface area contributed by atoms with Gasteiger partial charge in [-0.3, -0.25) is 24.9 Å². The lowest BCUT2D eigenvalue weighted by Gasteiger charge is -2.15. The van der Waals surface area contributed by atoms with Crippen LogP contribution in [0.25, 0.3) is 11.1 Å². The number of pyridine rings is 3. The Labute approximate surface area is 220 Å². The van der Waals surface area contributed by atoms with Crippen LogP contribution in [0, 0.1) is 6.92 Å². The molecule has 182 valence electrons. The van der Waals surface area contributed by atoms with Gasteiger partial charge in [-0.25, -0.2) is 9.97 Å². The summed E-state index contributed by atoms with van der Waals surface area (Å²) in [5.74, 6) is -0.0779. The molecule has 12 heteroatoms. The zero-order valence-electron chi connectivity index (χ0n) is 19.1. The summed E-state index contributed by atoms with van der Waals surface area (Å²) >= 11 is 13.4. The first-order valence-electron chi connectivity index (χ1n) is 10.7. The topological polar surface area (TPSA) is 110 Å². The fourth-order valence-electron chi connectivity index (χ4n) is 3.87. The van der Waals surface area contributed by atoms with Crippen LogP contribution in [0.1, 0.15) is 37.0 Å². The van der Waals surface area contributed by atoms with Crippen molar-refractivity contribution in [1.29, 1.82) is 0 Å². The molecule has 1 N–H and O–H groups in total. The van der Waals surface area contributed by atoms with E-state index in [1.807, 2.05) is 6.92 Å². The summed E-state index contributed by atoms with van der Waals surface area (Å²) in [6.07, 6.45) is 5.98. The first-order chi connectivity index (χ1) is 17.3. The van der Waals surface area contributed by atoms with Gasteiger partial charge in [0.05, 0.1) is 53.1 Å². The molecule has 5 rings (SSSR count). The maximum absolute atomic E-state index is 13.3. The van der Waals surface area contributed by atoms with Crippen LogP contribution < -0.4 is 10.1 Å².